The summed E-state index contributed by atoms with van der Waals surface area (Å²) in [6.07, 6.45) is 4.19. The lowest BCUT2D eigenvalue weighted by Crippen LogP contribution is -2.16. The van der Waals surface area contributed by atoms with Crippen molar-refractivity contribution in [3.8, 4) is 11.4 Å². The first-order chi connectivity index (χ1) is 9.15. The van der Waals surface area contributed by atoms with Gasteiger partial charge in [0.05, 0.1) is 23.6 Å². The van der Waals surface area contributed by atoms with Gasteiger partial charge in [0.1, 0.15) is 11.6 Å². The van der Waals surface area contributed by atoms with E-state index in [1.54, 1.807) is 0 Å². The third-order valence-electron chi connectivity index (χ3n) is 3.73. The first-order valence-electron chi connectivity index (χ1n) is 6.73. The Bertz CT molecular complexity index is 596. The highest BCUT2D eigenvalue weighted by molar-refractivity contribution is 5.54. The maximum atomic E-state index is 4.73. The van der Waals surface area contributed by atoms with Gasteiger partial charge in [0.15, 0.2) is 0 Å². The molecule has 2 aromatic heterocycles. The molecule has 0 amide bonds. The van der Waals surface area contributed by atoms with Crippen molar-refractivity contribution in [2.24, 2.45) is 7.05 Å². The number of nitrogens with zero attached hydrogens (tertiary/aromatic N) is 4. The van der Waals surface area contributed by atoms with Crippen molar-refractivity contribution in [2.45, 2.75) is 32.7 Å². The minimum atomic E-state index is 0.299. The Morgan fingerprint density at radius 1 is 1.32 bits per heavy atom. The van der Waals surface area contributed by atoms with Gasteiger partial charge in [-0.05, 0) is 39.3 Å². The number of imidazole rings is 1. The Kier molecular flexibility index (Phi) is 3.06. The standard InChI is InChI=1S/C14H19N5/c1-9-7-12(13-8-16-10(2)19(13)3)18-14(17-9)11-5-4-6-15-11/h7-8,11,15H,4-6H2,1-3H3/t11-/m0/s1. The molecule has 5 nitrogen and oxygen atoms in total. The van der Waals surface area contributed by atoms with Gasteiger partial charge in [-0.1, -0.05) is 0 Å². The number of hydrogen-bond donors (Lipinski definition) is 1. The summed E-state index contributed by atoms with van der Waals surface area (Å²) in [5.41, 5.74) is 3.01. The zero-order valence-electron chi connectivity index (χ0n) is 11.6. The van der Waals surface area contributed by atoms with Gasteiger partial charge < -0.3 is 9.88 Å². The first kappa shape index (κ1) is 12.3. The third-order valence-corrected chi connectivity index (χ3v) is 3.73. The van der Waals surface area contributed by atoms with E-state index in [4.69, 9.17) is 4.98 Å². The van der Waals surface area contributed by atoms with Crippen LogP contribution >= 0.6 is 0 Å². The minimum Gasteiger partial charge on any atom is -0.330 e. The van der Waals surface area contributed by atoms with Crippen molar-refractivity contribution >= 4 is 0 Å². The Morgan fingerprint density at radius 3 is 2.79 bits per heavy atom. The number of hydrogen-bond acceptors (Lipinski definition) is 4. The molecule has 100 valence electrons. The largest absolute Gasteiger partial charge is 0.330 e. The molecule has 1 atom stereocenters. The molecule has 0 aliphatic carbocycles. The Labute approximate surface area is 113 Å². The second-order valence-corrected chi connectivity index (χ2v) is 5.15. The van der Waals surface area contributed by atoms with E-state index in [1.807, 2.05) is 33.2 Å². The summed E-state index contributed by atoms with van der Waals surface area (Å²) < 4.78 is 2.06. The molecule has 0 aromatic carbocycles. The highest BCUT2D eigenvalue weighted by Crippen LogP contribution is 2.24. The summed E-state index contributed by atoms with van der Waals surface area (Å²) in [5.74, 6) is 1.90. The number of aryl methyl sites for hydroxylation is 2. The molecule has 0 unspecified atom stereocenters. The molecular formula is C14H19N5. The highest BCUT2D eigenvalue weighted by atomic mass is 15.1. The zero-order chi connectivity index (χ0) is 13.4. The lowest BCUT2D eigenvalue weighted by Gasteiger charge is -2.11. The molecule has 0 saturated carbocycles. The van der Waals surface area contributed by atoms with Gasteiger partial charge in [-0.2, -0.15) is 0 Å². The van der Waals surface area contributed by atoms with E-state index in [9.17, 15) is 0 Å². The van der Waals surface area contributed by atoms with Crippen molar-refractivity contribution in [3.05, 3.63) is 29.6 Å². The van der Waals surface area contributed by atoms with Crippen molar-refractivity contribution in [1.29, 1.82) is 0 Å². The van der Waals surface area contributed by atoms with Crippen molar-refractivity contribution in [1.82, 2.24) is 24.8 Å². The highest BCUT2D eigenvalue weighted by Gasteiger charge is 2.20. The van der Waals surface area contributed by atoms with Crippen LogP contribution in [0.25, 0.3) is 11.4 Å². The molecule has 2 aromatic rings. The van der Waals surface area contributed by atoms with E-state index in [0.29, 0.717) is 6.04 Å². The number of nitrogens with one attached hydrogen (secondary N) is 1. The van der Waals surface area contributed by atoms with Gasteiger partial charge in [-0.25, -0.2) is 15.0 Å². The fourth-order valence-corrected chi connectivity index (χ4v) is 2.52. The molecule has 0 bridgehead atoms. The van der Waals surface area contributed by atoms with E-state index in [2.05, 4.69) is 19.9 Å². The van der Waals surface area contributed by atoms with Crippen LogP contribution in [0.3, 0.4) is 0 Å². The molecule has 5 heteroatoms. The van der Waals surface area contributed by atoms with Gasteiger partial charge in [-0.3, -0.25) is 0 Å². The van der Waals surface area contributed by atoms with Crippen LogP contribution < -0.4 is 5.32 Å². The predicted octanol–water partition coefficient (Wildman–Crippen LogP) is 1.92. The van der Waals surface area contributed by atoms with E-state index in [-0.39, 0.29) is 0 Å². The molecule has 3 heterocycles. The molecular weight excluding hydrogens is 238 g/mol. The molecule has 3 rings (SSSR count). The third kappa shape index (κ3) is 2.26. The van der Waals surface area contributed by atoms with Crippen molar-refractivity contribution in [3.63, 3.8) is 0 Å². The summed E-state index contributed by atoms with van der Waals surface area (Å²) in [6.45, 7) is 5.08. The topological polar surface area (TPSA) is 55.6 Å². The van der Waals surface area contributed by atoms with Gasteiger partial charge >= 0.3 is 0 Å². The second kappa shape index (κ2) is 4.74. The van der Waals surface area contributed by atoms with Crippen LogP contribution in [-0.4, -0.2) is 26.1 Å². The minimum absolute atomic E-state index is 0.299. The maximum Gasteiger partial charge on any atom is 0.146 e. The van der Waals surface area contributed by atoms with Crippen LogP contribution in [0.15, 0.2) is 12.3 Å². The maximum absolute atomic E-state index is 4.73. The SMILES string of the molecule is Cc1cc(-c2cnc(C)n2C)nc([C@@H]2CCCN2)n1. The van der Waals surface area contributed by atoms with Gasteiger partial charge in [0, 0.05) is 12.7 Å². The first-order valence-corrected chi connectivity index (χ1v) is 6.73. The smallest absolute Gasteiger partial charge is 0.146 e. The van der Waals surface area contributed by atoms with Crippen molar-refractivity contribution in [2.75, 3.05) is 6.54 Å². The summed E-state index contributed by atoms with van der Waals surface area (Å²) in [7, 11) is 2.02. The fraction of sp³-hybridized carbons (Fsp3) is 0.500. The van der Waals surface area contributed by atoms with Crippen LogP contribution in [-0.2, 0) is 7.05 Å². The molecule has 19 heavy (non-hydrogen) atoms. The van der Waals surface area contributed by atoms with E-state index in [0.717, 1.165) is 41.7 Å². The summed E-state index contributed by atoms with van der Waals surface area (Å²) >= 11 is 0. The summed E-state index contributed by atoms with van der Waals surface area (Å²) in [6, 6.07) is 2.32. The molecule has 1 aliphatic rings. The molecule has 0 spiro atoms. The van der Waals surface area contributed by atoms with Crippen LogP contribution in [0.1, 0.15) is 36.2 Å². The van der Waals surface area contributed by atoms with E-state index in [1.165, 1.54) is 6.42 Å². The molecule has 1 fully saturated rings. The average molecular weight is 257 g/mol. The fourth-order valence-electron chi connectivity index (χ4n) is 2.52. The Balaban J connectivity index is 2.04. The van der Waals surface area contributed by atoms with Gasteiger partial charge in [0.2, 0.25) is 0 Å². The van der Waals surface area contributed by atoms with E-state index < -0.39 is 0 Å². The van der Waals surface area contributed by atoms with Crippen LogP contribution in [0.2, 0.25) is 0 Å². The lowest BCUT2D eigenvalue weighted by atomic mass is 10.2. The normalized spacial score (nSPS) is 19.0. The molecule has 1 N–H and O–H groups in total. The Morgan fingerprint density at radius 2 is 2.16 bits per heavy atom. The van der Waals surface area contributed by atoms with E-state index >= 15 is 0 Å². The molecule has 1 aliphatic heterocycles. The van der Waals surface area contributed by atoms with Crippen LogP contribution in [0.5, 0.6) is 0 Å². The quantitative estimate of drug-likeness (QED) is 0.893. The molecule has 1 saturated heterocycles. The van der Waals surface area contributed by atoms with Crippen LogP contribution in [0, 0.1) is 13.8 Å². The van der Waals surface area contributed by atoms with Crippen molar-refractivity contribution < 1.29 is 0 Å². The average Bonchev–Trinajstić information content (AvgIpc) is 3.01. The second-order valence-electron chi connectivity index (χ2n) is 5.15. The monoisotopic (exact) mass is 257 g/mol. The summed E-state index contributed by atoms with van der Waals surface area (Å²) in [5, 5.41) is 3.45. The van der Waals surface area contributed by atoms with Gasteiger partial charge in [0.25, 0.3) is 0 Å². The molecule has 0 radical (unpaired) electrons. The number of rotatable bonds is 2. The predicted molar refractivity (Wildman–Crippen MR) is 73.7 cm³/mol. The number of aromatic nitrogens is 4. The summed E-state index contributed by atoms with van der Waals surface area (Å²) in [4.78, 5) is 13.6. The van der Waals surface area contributed by atoms with Gasteiger partial charge in [-0.15, -0.1) is 0 Å². The van der Waals surface area contributed by atoms with Crippen LogP contribution in [0.4, 0.5) is 0 Å². The lowest BCUT2D eigenvalue weighted by molar-refractivity contribution is 0.603. The zero-order valence-corrected chi connectivity index (χ0v) is 11.6. The Hall–Kier alpha value is -1.75.